The normalized spacial score (nSPS) is 17.1. The van der Waals surface area contributed by atoms with Crippen molar-refractivity contribution in [1.82, 2.24) is 0 Å². The van der Waals surface area contributed by atoms with E-state index in [9.17, 15) is 10.2 Å². The molecule has 0 saturated carbocycles. The van der Waals surface area contributed by atoms with Gasteiger partial charge in [-0.25, -0.2) is 0 Å². The molecule has 0 aromatic heterocycles. The van der Waals surface area contributed by atoms with Crippen LogP contribution in [0, 0.1) is 23.7 Å². The van der Waals surface area contributed by atoms with Gasteiger partial charge in [0.2, 0.25) is 0 Å². The maximum atomic E-state index is 10.1. The van der Waals surface area contributed by atoms with Crippen molar-refractivity contribution in [1.29, 1.82) is 0 Å². The zero-order valence-electron chi connectivity index (χ0n) is 35.6. The number of allylic oxidation sites excluding steroid dienone is 26. The second-order valence-electron chi connectivity index (χ2n) is 16.5. The molecule has 0 aliphatic rings. The molecule has 0 saturated heterocycles. The first kappa shape index (κ1) is 48.5. The van der Waals surface area contributed by atoms with Crippen LogP contribution in [-0.2, 0) is 0 Å². The SMILES string of the molecule is CC(/C=C/C=C(C)/C=C/C=C(C)/C=C/C(CCC(C)(C)O)C(C)C)=C\C=C\C=C(C)\C=C\C=C(C)\C=C\C=C(C)\C=C\C(CCC(C)(C)O)C(C)C. The standard InChI is InChI=1S/C50H76O2/c1-39(2)47(35-37-49(11,12)51)33-31-45(9)29-19-27-43(7)25-17-23-41(5)21-15-16-22-42(6)24-18-26-44(8)28-20-30-46(10)32-34-48(40(3)4)36-38-50(13,14)52/h15-34,39-40,47-48,51-52H,35-38H2,1-14H3/b16-15+,23-17+,24-18+,27-19+,28-20+,33-31+,34-32+,41-21+,42-22+,43-25+,44-26+,45-29+,46-30+. The summed E-state index contributed by atoms with van der Waals surface area (Å²) in [7, 11) is 0. The quantitative estimate of drug-likeness (QED) is 0.110. The zero-order chi connectivity index (χ0) is 39.7. The Kier molecular flexibility index (Phi) is 24.6. The molecule has 0 rings (SSSR count). The van der Waals surface area contributed by atoms with E-state index in [0.29, 0.717) is 23.7 Å². The lowest BCUT2D eigenvalue weighted by Gasteiger charge is -2.22. The van der Waals surface area contributed by atoms with Crippen molar-refractivity contribution >= 4 is 0 Å². The summed E-state index contributed by atoms with van der Waals surface area (Å²) < 4.78 is 0. The van der Waals surface area contributed by atoms with Crippen LogP contribution in [0.5, 0.6) is 0 Å². The average Bonchev–Trinajstić information content (AvgIpc) is 3.01. The lowest BCUT2D eigenvalue weighted by Crippen LogP contribution is -2.20. The van der Waals surface area contributed by atoms with Crippen LogP contribution in [0.25, 0.3) is 0 Å². The number of aliphatic hydroxyl groups is 2. The van der Waals surface area contributed by atoms with E-state index in [2.05, 4.69) is 191 Å². The Morgan fingerprint density at radius 2 is 0.635 bits per heavy atom. The van der Waals surface area contributed by atoms with Gasteiger partial charge in [0, 0.05) is 0 Å². The van der Waals surface area contributed by atoms with Gasteiger partial charge in [0.1, 0.15) is 0 Å². The predicted octanol–water partition coefficient (Wildman–Crippen LogP) is 14.2. The van der Waals surface area contributed by atoms with Gasteiger partial charge in [0.25, 0.3) is 0 Å². The molecule has 0 radical (unpaired) electrons. The molecule has 52 heavy (non-hydrogen) atoms. The van der Waals surface area contributed by atoms with Crippen molar-refractivity contribution in [3.8, 4) is 0 Å². The Hall–Kier alpha value is -3.46. The lowest BCUT2D eigenvalue weighted by atomic mass is 9.87. The summed E-state index contributed by atoms with van der Waals surface area (Å²) in [5.41, 5.74) is 5.97. The third-order valence-electron chi connectivity index (χ3n) is 8.81. The highest BCUT2D eigenvalue weighted by atomic mass is 16.3. The van der Waals surface area contributed by atoms with E-state index in [1.54, 1.807) is 0 Å². The molecule has 2 atom stereocenters. The summed E-state index contributed by atoms with van der Waals surface area (Å²) in [5.74, 6) is 2.03. The Morgan fingerprint density at radius 3 is 0.865 bits per heavy atom. The van der Waals surface area contributed by atoms with E-state index in [-0.39, 0.29) is 0 Å². The molecule has 2 unspecified atom stereocenters. The number of hydrogen-bond donors (Lipinski definition) is 2. The number of rotatable bonds is 22. The van der Waals surface area contributed by atoms with Gasteiger partial charge in [-0.2, -0.15) is 0 Å². The summed E-state index contributed by atoms with van der Waals surface area (Å²) in [6.45, 7) is 29.2. The molecule has 0 amide bonds. The molecule has 0 bridgehead atoms. The molecule has 0 fully saturated rings. The summed E-state index contributed by atoms with van der Waals surface area (Å²) in [6, 6.07) is 0. The minimum Gasteiger partial charge on any atom is -0.390 e. The van der Waals surface area contributed by atoms with Crippen LogP contribution in [0.1, 0.15) is 123 Å². The van der Waals surface area contributed by atoms with Gasteiger partial charge in [-0.3, -0.25) is 0 Å². The molecule has 0 heterocycles. The van der Waals surface area contributed by atoms with Gasteiger partial charge < -0.3 is 10.2 Å². The summed E-state index contributed by atoms with van der Waals surface area (Å²) in [6.07, 6.45) is 46.4. The van der Waals surface area contributed by atoms with Crippen LogP contribution in [-0.4, -0.2) is 21.4 Å². The fourth-order valence-corrected chi connectivity index (χ4v) is 5.05. The zero-order valence-corrected chi connectivity index (χ0v) is 35.6. The van der Waals surface area contributed by atoms with Crippen molar-refractivity contribution in [2.24, 2.45) is 23.7 Å². The molecule has 0 aliphatic carbocycles. The fourth-order valence-electron chi connectivity index (χ4n) is 5.05. The summed E-state index contributed by atoms with van der Waals surface area (Å²) in [5, 5.41) is 20.2. The Bertz CT molecular complexity index is 1320. The van der Waals surface area contributed by atoms with E-state index < -0.39 is 11.2 Å². The lowest BCUT2D eigenvalue weighted by molar-refractivity contribution is 0.0630. The minimum atomic E-state index is -0.612. The first-order valence-corrected chi connectivity index (χ1v) is 19.4. The Labute approximate surface area is 321 Å². The molecule has 2 heteroatoms. The second kappa shape index (κ2) is 26.3. The minimum absolute atomic E-state index is 0.464. The molecular formula is C50H76O2. The van der Waals surface area contributed by atoms with Crippen LogP contribution < -0.4 is 0 Å². The molecule has 2 N–H and O–H groups in total. The smallest absolute Gasteiger partial charge is 0.0592 e. The monoisotopic (exact) mass is 709 g/mol. The molecule has 288 valence electrons. The summed E-state index contributed by atoms with van der Waals surface area (Å²) >= 11 is 0. The van der Waals surface area contributed by atoms with Crippen molar-refractivity contribution in [3.05, 3.63) is 155 Å². The van der Waals surface area contributed by atoms with Crippen LogP contribution >= 0.6 is 0 Å². The van der Waals surface area contributed by atoms with Crippen LogP contribution in [0.4, 0.5) is 0 Å². The molecular weight excluding hydrogens is 633 g/mol. The van der Waals surface area contributed by atoms with E-state index in [0.717, 1.165) is 25.7 Å². The van der Waals surface area contributed by atoms with Crippen LogP contribution in [0.3, 0.4) is 0 Å². The molecule has 2 nitrogen and oxygen atoms in total. The van der Waals surface area contributed by atoms with Gasteiger partial charge in [-0.15, -0.1) is 0 Å². The molecule has 0 aliphatic heterocycles. The van der Waals surface area contributed by atoms with Crippen molar-refractivity contribution in [2.75, 3.05) is 0 Å². The maximum Gasteiger partial charge on any atom is 0.0592 e. The predicted molar refractivity (Wildman–Crippen MR) is 234 cm³/mol. The number of hydrogen-bond acceptors (Lipinski definition) is 2. The van der Waals surface area contributed by atoms with Gasteiger partial charge in [-0.05, 0) is 119 Å². The third-order valence-corrected chi connectivity index (χ3v) is 8.81. The Balaban J connectivity index is 4.98. The van der Waals surface area contributed by atoms with Crippen LogP contribution in [0.2, 0.25) is 0 Å². The van der Waals surface area contributed by atoms with Gasteiger partial charge >= 0.3 is 0 Å². The average molecular weight is 709 g/mol. The third kappa shape index (κ3) is 29.2. The Morgan fingerprint density at radius 1 is 0.404 bits per heavy atom. The molecule has 0 aromatic carbocycles. The first-order chi connectivity index (χ1) is 24.2. The molecule has 0 aromatic rings. The highest BCUT2D eigenvalue weighted by molar-refractivity contribution is 5.33. The van der Waals surface area contributed by atoms with Crippen molar-refractivity contribution in [3.63, 3.8) is 0 Å². The first-order valence-electron chi connectivity index (χ1n) is 19.4. The highest BCUT2D eigenvalue weighted by Gasteiger charge is 2.18. The van der Waals surface area contributed by atoms with Gasteiger partial charge in [0.15, 0.2) is 0 Å². The van der Waals surface area contributed by atoms with Crippen LogP contribution in [0.15, 0.2) is 155 Å². The highest BCUT2D eigenvalue weighted by Crippen LogP contribution is 2.25. The largest absolute Gasteiger partial charge is 0.390 e. The van der Waals surface area contributed by atoms with E-state index in [1.165, 1.54) is 33.4 Å². The topological polar surface area (TPSA) is 40.5 Å². The van der Waals surface area contributed by atoms with E-state index in [4.69, 9.17) is 0 Å². The van der Waals surface area contributed by atoms with Crippen molar-refractivity contribution < 1.29 is 10.2 Å². The van der Waals surface area contributed by atoms with Crippen molar-refractivity contribution in [2.45, 2.75) is 134 Å². The van der Waals surface area contributed by atoms with E-state index >= 15 is 0 Å². The maximum absolute atomic E-state index is 10.1. The van der Waals surface area contributed by atoms with Gasteiger partial charge in [-0.1, -0.05) is 183 Å². The molecule has 0 spiro atoms. The van der Waals surface area contributed by atoms with Gasteiger partial charge in [0.05, 0.1) is 11.2 Å². The second-order valence-corrected chi connectivity index (χ2v) is 16.5. The summed E-state index contributed by atoms with van der Waals surface area (Å²) in [4.78, 5) is 0. The fraction of sp³-hybridized carbons (Fsp3) is 0.480. The van der Waals surface area contributed by atoms with E-state index in [1.807, 2.05) is 27.7 Å².